The summed E-state index contributed by atoms with van der Waals surface area (Å²) in [7, 11) is 0. The van der Waals surface area contributed by atoms with Gasteiger partial charge in [-0.1, -0.05) is 39.3 Å². The quantitative estimate of drug-likeness (QED) is 0.500. The molecule has 1 unspecified atom stereocenters. The lowest BCUT2D eigenvalue weighted by molar-refractivity contribution is -0.111. The average Bonchev–Trinajstić information content (AvgIpc) is 3.44. The molecule has 2 aromatic rings. The summed E-state index contributed by atoms with van der Waals surface area (Å²) in [6.07, 6.45) is 7.72. The van der Waals surface area contributed by atoms with Gasteiger partial charge in [0.2, 0.25) is 0 Å². The molecule has 3 rings (SSSR count). The van der Waals surface area contributed by atoms with Crippen LogP contribution in [0, 0.1) is 5.92 Å². The Hall–Kier alpha value is -2.16. The van der Waals surface area contributed by atoms with E-state index in [1.165, 1.54) is 29.6 Å². The monoisotopic (exact) mass is 378 g/mol. The third kappa shape index (κ3) is 3.99. The molecule has 0 bridgehead atoms. The van der Waals surface area contributed by atoms with Crippen LogP contribution in [-0.4, -0.2) is 15.8 Å². The number of fused-ring (bicyclic) bond motifs is 1. The van der Waals surface area contributed by atoms with E-state index in [1.54, 1.807) is 6.92 Å². The van der Waals surface area contributed by atoms with Crippen LogP contribution in [0.2, 0.25) is 0 Å². The second-order valence-corrected chi connectivity index (χ2v) is 8.23. The van der Waals surface area contributed by atoms with Crippen molar-refractivity contribution in [2.24, 2.45) is 5.92 Å². The zero-order valence-corrected chi connectivity index (χ0v) is 18.3. The standard InChI is InChI=1S/C25H34N2O/c1-7-10-18(9-3)21-13-20(23(17(6)28)16(5)15(4)8-2)14-22-24(21)27-25(26-22)19-11-12-19/h10,13-15,19H,7-9,11-12H2,1-6H3,(H,26,27)/b18-10?,23-16+. The minimum Gasteiger partial charge on any atom is -0.342 e. The maximum Gasteiger partial charge on any atom is 0.160 e. The Balaban J connectivity index is 2.28. The molecule has 1 heterocycles. The Morgan fingerprint density at radius 3 is 2.50 bits per heavy atom. The van der Waals surface area contributed by atoms with Crippen molar-refractivity contribution in [1.82, 2.24) is 9.97 Å². The highest BCUT2D eigenvalue weighted by atomic mass is 16.1. The van der Waals surface area contributed by atoms with Crippen LogP contribution in [0.4, 0.5) is 0 Å². The number of Topliss-reactive ketones (excluding diaryl/α,β-unsaturated/α-hetero) is 1. The number of nitrogens with one attached hydrogen (secondary N) is 1. The molecule has 1 N–H and O–H groups in total. The van der Waals surface area contributed by atoms with E-state index in [0.717, 1.165) is 47.3 Å². The van der Waals surface area contributed by atoms with Crippen molar-refractivity contribution in [3.63, 3.8) is 0 Å². The number of H-pyrrole nitrogens is 1. The van der Waals surface area contributed by atoms with Crippen molar-refractivity contribution >= 4 is 28.0 Å². The first-order valence-corrected chi connectivity index (χ1v) is 10.9. The fraction of sp³-hybridized carbons (Fsp3) is 0.520. The van der Waals surface area contributed by atoms with Gasteiger partial charge in [0.1, 0.15) is 5.82 Å². The van der Waals surface area contributed by atoms with Gasteiger partial charge in [0.05, 0.1) is 11.0 Å². The molecule has 1 aromatic heterocycles. The summed E-state index contributed by atoms with van der Waals surface area (Å²) < 4.78 is 0. The molecule has 1 fully saturated rings. The fourth-order valence-electron chi connectivity index (χ4n) is 4.03. The number of aromatic amines is 1. The zero-order valence-electron chi connectivity index (χ0n) is 18.3. The summed E-state index contributed by atoms with van der Waals surface area (Å²) >= 11 is 0. The molecule has 0 saturated heterocycles. The van der Waals surface area contributed by atoms with E-state index in [-0.39, 0.29) is 5.78 Å². The molecular formula is C25H34N2O. The van der Waals surface area contributed by atoms with Crippen molar-refractivity contribution in [3.8, 4) is 0 Å². The number of hydrogen-bond donors (Lipinski definition) is 1. The number of rotatable bonds is 8. The minimum atomic E-state index is 0.141. The third-order valence-electron chi connectivity index (χ3n) is 6.13. The van der Waals surface area contributed by atoms with Gasteiger partial charge >= 0.3 is 0 Å². The smallest absolute Gasteiger partial charge is 0.160 e. The highest BCUT2D eigenvalue weighted by Crippen LogP contribution is 2.41. The molecule has 3 nitrogen and oxygen atoms in total. The van der Waals surface area contributed by atoms with E-state index in [4.69, 9.17) is 4.98 Å². The lowest BCUT2D eigenvalue weighted by atomic mass is 9.87. The number of carbonyl (C=O) groups excluding carboxylic acids is 1. The molecule has 150 valence electrons. The summed E-state index contributed by atoms with van der Waals surface area (Å²) in [5.41, 5.74) is 7.67. The number of carbonyl (C=O) groups is 1. The number of ketones is 1. The van der Waals surface area contributed by atoms with Crippen molar-refractivity contribution < 1.29 is 4.79 Å². The second-order valence-electron chi connectivity index (χ2n) is 8.23. The lowest BCUT2D eigenvalue weighted by Crippen LogP contribution is -2.06. The van der Waals surface area contributed by atoms with Crippen LogP contribution in [0.1, 0.15) is 96.5 Å². The van der Waals surface area contributed by atoms with Crippen molar-refractivity contribution in [1.29, 1.82) is 0 Å². The minimum absolute atomic E-state index is 0.141. The van der Waals surface area contributed by atoms with Crippen molar-refractivity contribution in [2.75, 3.05) is 0 Å². The molecule has 28 heavy (non-hydrogen) atoms. The van der Waals surface area contributed by atoms with E-state index in [9.17, 15) is 4.79 Å². The van der Waals surface area contributed by atoms with E-state index >= 15 is 0 Å². The fourth-order valence-corrected chi connectivity index (χ4v) is 4.03. The van der Waals surface area contributed by atoms with Crippen LogP contribution in [-0.2, 0) is 4.79 Å². The molecular weight excluding hydrogens is 344 g/mol. The van der Waals surface area contributed by atoms with E-state index < -0.39 is 0 Å². The van der Waals surface area contributed by atoms with Gasteiger partial charge in [-0.25, -0.2) is 4.98 Å². The van der Waals surface area contributed by atoms with Crippen LogP contribution < -0.4 is 0 Å². The molecule has 0 spiro atoms. The molecule has 1 aromatic carbocycles. The third-order valence-corrected chi connectivity index (χ3v) is 6.13. The summed E-state index contributed by atoms with van der Waals surface area (Å²) in [6, 6.07) is 4.34. The van der Waals surface area contributed by atoms with Crippen molar-refractivity contribution in [2.45, 2.75) is 79.6 Å². The van der Waals surface area contributed by atoms with Gasteiger partial charge in [0, 0.05) is 17.1 Å². The number of hydrogen-bond acceptors (Lipinski definition) is 2. The summed E-state index contributed by atoms with van der Waals surface area (Å²) in [5, 5.41) is 0. The predicted molar refractivity (Wildman–Crippen MR) is 119 cm³/mol. The molecule has 0 aliphatic heterocycles. The summed E-state index contributed by atoms with van der Waals surface area (Å²) in [5.74, 6) is 2.21. The number of benzene rings is 1. The largest absolute Gasteiger partial charge is 0.342 e. The SMILES string of the molecule is CCC=C(CC)c1cc(/C(C(C)=O)=C(\C)C(C)CC)cc2[nH]c(C3CC3)nc12. The topological polar surface area (TPSA) is 45.8 Å². The number of aromatic nitrogens is 2. The van der Waals surface area contributed by atoms with E-state index in [2.05, 4.69) is 57.8 Å². The van der Waals surface area contributed by atoms with E-state index in [0.29, 0.717) is 11.8 Å². The maximum atomic E-state index is 12.6. The molecule has 3 heteroatoms. The Morgan fingerprint density at radius 2 is 1.96 bits per heavy atom. The van der Waals surface area contributed by atoms with Gasteiger partial charge in [-0.3, -0.25) is 4.79 Å². The maximum absolute atomic E-state index is 12.6. The van der Waals surface area contributed by atoms with Gasteiger partial charge in [0.15, 0.2) is 5.78 Å². The van der Waals surface area contributed by atoms with Crippen molar-refractivity contribution in [3.05, 3.63) is 40.7 Å². The number of nitrogens with zero attached hydrogens (tertiary/aromatic N) is 1. The van der Waals surface area contributed by atoms with Crippen LogP contribution in [0.3, 0.4) is 0 Å². The normalized spacial score (nSPS) is 17.0. The zero-order chi connectivity index (χ0) is 20.4. The first kappa shape index (κ1) is 20.6. The van der Waals surface area contributed by atoms with Gasteiger partial charge in [-0.2, -0.15) is 0 Å². The lowest BCUT2D eigenvalue weighted by Gasteiger charge is -2.17. The second kappa shape index (κ2) is 8.46. The Kier molecular flexibility index (Phi) is 6.22. The van der Waals surface area contributed by atoms with Crippen LogP contribution >= 0.6 is 0 Å². The molecule has 0 amide bonds. The Morgan fingerprint density at radius 1 is 1.25 bits per heavy atom. The molecule has 1 aliphatic carbocycles. The number of imidazole rings is 1. The predicted octanol–water partition coefficient (Wildman–Crippen LogP) is 7.05. The van der Waals surface area contributed by atoms with Gasteiger partial charge in [-0.05, 0) is 75.1 Å². The highest BCUT2D eigenvalue weighted by molar-refractivity contribution is 6.21. The van der Waals surface area contributed by atoms with Gasteiger partial charge in [0.25, 0.3) is 0 Å². The van der Waals surface area contributed by atoms with Gasteiger partial charge < -0.3 is 4.98 Å². The highest BCUT2D eigenvalue weighted by Gasteiger charge is 2.28. The molecule has 1 atom stereocenters. The first-order valence-electron chi connectivity index (χ1n) is 10.9. The summed E-state index contributed by atoms with van der Waals surface area (Å²) in [4.78, 5) is 21.2. The van der Waals surface area contributed by atoms with Gasteiger partial charge in [-0.15, -0.1) is 0 Å². The van der Waals surface area contributed by atoms with Crippen LogP contribution in [0.15, 0.2) is 23.8 Å². The van der Waals surface area contributed by atoms with Crippen LogP contribution in [0.25, 0.3) is 22.2 Å². The Bertz CT molecular complexity index is 941. The number of allylic oxidation sites excluding steroid dienone is 4. The summed E-state index contributed by atoms with van der Waals surface area (Å²) in [6.45, 7) is 12.5. The Labute approximate surface area is 169 Å². The molecule has 1 aliphatic rings. The first-order chi connectivity index (χ1) is 13.4. The molecule has 0 radical (unpaired) electrons. The van der Waals surface area contributed by atoms with Crippen LogP contribution in [0.5, 0.6) is 0 Å². The molecule has 1 saturated carbocycles. The van der Waals surface area contributed by atoms with E-state index in [1.807, 2.05) is 0 Å². The average molecular weight is 379 g/mol.